The molecule has 0 amide bonds. The van der Waals surface area contributed by atoms with E-state index in [9.17, 15) is 0 Å². The average molecular weight is 245 g/mol. The van der Waals surface area contributed by atoms with Gasteiger partial charge in [0.25, 0.3) is 0 Å². The molecule has 2 rings (SSSR count). The first-order valence-electron chi connectivity index (χ1n) is 6.24. The molecule has 1 atom stereocenters. The second kappa shape index (κ2) is 5.78. The van der Waals surface area contributed by atoms with Gasteiger partial charge in [0.05, 0.1) is 6.54 Å². The third kappa shape index (κ3) is 3.17. The van der Waals surface area contributed by atoms with Gasteiger partial charge in [-0.2, -0.15) is 0 Å². The third-order valence-electron chi connectivity index (χ3n) is 2.87. The topological polar surface area (TPSA) is 51.0 Å². The van der Waals surface area contributed by atoms with Crippen LogP contribution in [-0.4, -0.2) is 10.2 Å². The zero-order valence-corrected chi connectivity index (χ0v) is 11.1. The highest BCUT2D eigenvalue weighted by atomic mass is 16.4. The standard InChI is InChI=1S/C14H19N3O/c1-10(2)14(12-7-5-4-6-8-12)15-9-13-17-16-11(3)18-13/h4-8,10,14-15H,9H2,1-3H3/t14-/m0/s1. The Bertz CT molecular complexity index is 479. The van der Waals surface area contributed by atoms with Gasteiger partial charge in [-0.05, 0) is 11.5 Å². The van der Waals surface area contributed by atoms with E-state index in [2.05, 4.69) is 53.6 Å². The number of hydrogen-bond acceptors (Lipinski definition) is 4. The number of aromatic nitrogens is 2. The van der Waals surface area contributed by atoms with Crippen molar-refractivity contribution in [2.45, 2.75) is 33.4 Å². The van der Waals surface area contributed by atoms with Gasteiger partial charge in [0.2, 0.25) is 11.8 Å². The molecule has 0 radical (unpaired) electrons. The fourth-order valence-corrected chi connectivity index (χ4v) is 2.01. The molecule has 1 N–H and O–H groups in total. The Morgan fingerprint density at radius 1 is 1.17 bits per heavy atom. The summed E-state index contributed by atoms with van der Waals surface area (Å²) in [5.41, 5.74) is 1.28. The van der Waals surface area contributed by atoms with Crippen molar-refractivity contribution in [2.75, 3.05) is 0 Å². The highest BCUT2D eigenvalue weighted by Gasteiger charge is 2.15. The minimum absolute atomic E-state index is 0.290. The molecule has 2 aromatic rings. The molecule has 0 saturated carbocycles. The lowest BCUT2D eigenvalue weighted by atomic mass is 9.96. The predicted octanol–water partition coefficient (Wildman–Crippen LogP) is 2.86. The second-order valence-corrected chi connectivity index (χ2v) is 4.73. The van der Waals surface area contributed by atoms with E-state index in [0.29, 0.717) is 30.3 Å². The molecular formula is C14H19N3O. The lowest BCUT2D eigenvalue weighted by molar-refractivity contribution is 0.373. The molecule has 96 valence electrons. The molecule has 0 unspecified atom stereocenters. The van der Waals surface area contributed by atoms with Crippen LogP contribution in [0.4, 0.5) is 0 Å². The monoisotopic (exact) mass is 245 g/mol. The van der Waals surface area contributed by atoms with Crippen molar-refractivity contribution in [3.8, 4) is 0 Å². The Hall–Kier alpha value is -1.68. The Kier molecular flexibility index (Phi) is 4.10. The molecule has 18 heavy (non-hydrogen) atoms. The van der Waals surface area contributed by atoms with Crippen LogP contribution in [0.15, 0.2) is 34.7 Å². The zero-order chi connectivity index (χ0) is 13.0. The van der Waals surface area contributed by atoms with Crippen molar-refractivity contribution in [1.82, 2.24) is 15.5 Å². The Morgan fingerprint density at radius 3 is 2.44 bits per heavy atom. The quantitative estimate of drug-likeness (QED) is 0.880. The van der Waals surface area contributed by atoms with E-state index < -0.39 is 0 Å². The summed E-state index contributed by atoms with van der Waals surface area (Å²) in [5, 5.41) is 11.3. The van der Waals surface area contributed by atoms with Crippen molar-refractivity contribution in [3.05, 3.63) is 47.7 Å². The minimum Gasteiger partial charge on any atom is -0.424 e. The first-order chi connectivity index (χ1) is 8.66. The van der Waals surface area contributed by atoms with E-state index in [1.54, 1.807) is 6.92 Å². The SMILES string of the molecule is Cc1nnc(CN[C@H](c2ccccc2)C(C)C)o1. The maximum atomic E-state index is 5.36. The Labute approximate surface area is 107 Å². The van der Waals surface area contributed by atoms with Gasteiger partial charge in [0.15, 0.2) is 0 Å². The molecule has 0 spiro atoms. The molecule has 4 heteroatoms. The van der Waals surface area contributed by atoms with E-state index in [1.807, 2.05) is 6.07 Å². The number of hydrogen-bond donors (Lipinski definition) is 1. The lowest BCUT2D eigenvalue weighted by Crippen LogP contribution is -2.25. The molecule has 4 nitrogen and oxygen atoms in total. The van der Waals surface area contributed by atoms with Crippen LogP contribution >= 0.6 is 0 Å². The van der Waals surface area contributed by atoms with E-state index in [1.165, 1.54) is 5.56 Å². The summed E-state index contributed by atoms with van der Waals surface area (Å²) in [5.74, 6) is 1.73. The third-order valence-corrected chi connectivity index (χ3v) is 2.87. The average Bonchev–Trinajstić information content (AvgIpc) is 2.76. The Morgan fingerprint density at radius 2 is 1.89 bits per heavy atom. The molecule has 0 fully saturated rings. The summed E-state index contributed by atoms with van der Waals surface area (Å²) < 4.78 is 5.36. The molecule has 0 aliphatic carbocycles. The van der Waals surface area contributed by atoms with E-state index >= 15 is 0 Å². The van der Waals surface area contributed by atoms with Crippen molar-refractivity contribution >= 4 is 0 Å². The molecule has 1 heterocycles. The smallest absolute Gasteiger partial charge is 0.230 e. The molecule has 1 aromatic carbocycles. The van der Waals surface area contributed by atoms with E-state index in [4.69, 9.17) is 4.42 Å². The van der Waals surface area contributed by atoms with Crippen LogP contribution in [0.5, 0.6) is 0 Å². The van der Waals surface area contributed by atoms with Crippen LogP contribution in [0.2, 0.25) is 0 Å². The van der Waals surface area contributed by atoms with Gasteiger partial charge >= 0.3 is 0 Å². The highest BCUT2D eigenvalue weighted by molar-refractivity contribution is 5.19. The van der Waals surface area contributed by atoms with Crippen LogP contribution in [0, 0.1) is 12.8 Å². The summed E-state index contributed by atoms with van der Waals surface area (Å²) in [6.45, 7) is 6.79. The van der Waals surface area contributed by atoms with Gasteiger partial charge in [0, 0.05) is 13.0 Å². The molecule has 0 aliphatic heterocycles. The van der Waals surface area contributed by atoms with Crippen LogP contribution < -0.4 is 5.32 Å². The van der Waals surface area contributed by atoms with Crippen LogP contribution in [0.1, 0.15) is 37.2 Å². The van der Waals surface area contributed by atoms with Crippen molar-refractivity contribution in [2.24, 2.45) is 5.92 Å². The normalized spacial score (nSPS) is 12.9. The van der Waals surface area contributed by atoms with Crippen molar-refractivity contribution in [1.29, 1.82) is 0 Å². The molecule has 1 aromatic heterocycles. The summed E-state index contributed by atoms with van der Waals surface area (Å²) >= 11 is 0. The number of rotatable bonds is 5. The van der Waals surface area contributed by atoms with Crippen LogP contribution in [0.25, 0.3) is 0 Å². The first-order valence-corrected chi connectivity index (χ1v) is 6.24. The molecule has 0 aliphatic rings. The predicted molar refractivity (Wildman–Crippen MR) is 69.9 cm³/mol. The summed E-state index contributed by atoms with van der Waals surface area (Å²) in [6, 6.07) is 10.7. The number of aryl methyl sites for hydroxylation is 1. The van der Waals surface area contributed by atoms with E-state index in [0.717, 1.165) is 0 Å². The summed E-state index contributed by atoms with van der Waals surface area (Å²) in [4.78, 5) is 0. The molecular weight excluding hydrogens is 226 g/mol. The lowest BCUT2D eigenvalue weighted by Gasteiger charge is -2.22. The number of benzene rings is 1. The van der Waals surface area contributed by atoms with Gasteiger partial charge < -0.3 is 9.73 Å². The van der Waals surface area contributed by atoms with Crippen LogP contribution in [-0.2, 0) is 6.54 Å². The largest absolute Gasteiger partial charge is 0.424 e. The maximum Gasteiger partial charge on any atom is 0.230 e. The van der Waals surface area contributed by atoms with Crippen molar-refractivity contribution in [3.63, 3.8) is 0 Å². The van der Waals surface area contributed by atoms with Gasteiger partial charge in [-0.25, -0.2) is 0 Å². The first kappa shape index (κ1) is 12.8. The maximum absolute atomic E-state index is 5.36. The van der Waals surface area contributed by atoms with Crippen LogP contribution in [0.3, 0.4) is 0 Å². The zero-order valence-electron chi connectivity index (χ0n) is 11.1. The minimum atomic E-state index is 0.290. The van der Waals surface area contributed by atoms with Gasteiger partial charge in [-0.15, -0.1) is 10.2 Å². The second-order valence-electron chi connectivity index (χ2n) is 4.73. The fraction of sp³-hybridized carbons (Fsp3) is 0.429. The van der Waals surface area contributed by atoms with Gasteiger partial charge in [-0.1, -0.05) is 44.2 Å². The molecule has 0 saturated heterocycles. The fourth-order valence-electron chi connectivity index (χ4n) is 2.01. The number of nitrogens with zero attached hydrogens (tertiary/aromatic N) is 2. The molecule has 0 bridgehead atoms. The summed E-state index contributed by atoms with van der Waals surface area (Å²) in [7, 11) is 0. The van der Waals surface area contributed by atoms with Gasteiger partial charge in [0.1, 0.15) is 0 Å². The van der Waals surface area contributed by atoms with Crippen molar-refractivity contribution < 1.29 is 4.42 Å². The van der Waals surface area contributed by atoms with Gasteiger partial charge in [-0.3, -0.25) is 0 Å². The summed E-state index contributed by atoms with van der Waals surface area (Å²) in [6.07, 6.45) is 0. The number of nitrogens with one attached hydrogen (secondary N) is 1. The highest BCUT2D eigenvalue weighted by Crippen LogP contribution is 2.21. The Balaban J connectivity index is 2.03. The van der Waals surface area contributed by atoms with E-state index in [-0.39, 0.29) is 0 Å².